The zero-order valence-electron chi connectivity index (χ0n) is 13.5. The maximum absolute atomic E-state index is 11.9. The van der Waals surface area contributed by atoms with Crippen molar-refractivity contribution in [2.75, 3.05) is 11.1 Å². The third-order valence-electron chi connectivity index (χ3n) is 3.14. The van der Waals surface area contributed by atoms with Gasteiger partial charge in [0.2, 0.25) is 5.91 Å². The van der Waals surface area contributed by atoms with Gasteiger partial charge in [-0.05, 0) is 19.1 Å². The molecule has 0 bridgehead atoms. The highest BCUT2D eigenvalue weighted by Gasteiger charge is 2.17. The molecule has 0 saturated carbocycles. The van der Waals surface area contributed by atoms with E-state index in [1.54, 1.807) is 23.1 Å². The molecule has 0 spiro atoms. The first-order valence-electron chi connectivity index (χ1n) is 7.30. The molecule has 2 rings (SSSR count). The SMILES string of the molecule is Cc1ccc(NC(=O)CCSc2nc(C(C)(C)C)cs2)cc1. The lowest BCUT2D eigenvalue weighted by molar-refractivity contribution is -0.115. The van der Waals surface area contributed by atoms with Gasteiger partial charge in [-0.1, -0.05) is 50.2 Å². The number of benzene rings is 1. The van der Waals surface area contributed by atoms with Gasteiger partial charge in [0.05, 0.1) is 5.69 Å². The molecule has 0 radical (unpaired) electrons. The third kappa shape index (κ3) is 5.14. The fourth-order valence-electron chi connectivity index (χ4n) is 1.76. The highest BCUT2D eigenvalue weighted by atomic mass is 32.2. The summed E-state index contributed by atoms with van der Waals surface area (Å²) in [6.07, 6.45) is 0.489. The smallest absolute Gasteiger partial charge is 0.225 e. The zero-order valence-corrected chi connectivity index (χ0v) is 15.1. The Kier molecular flexibility index (Phi) is 5.64. The summed E-state index contributed by atoms with van der Waals surface area (Å²) in [6.45, 7) is 8.50. The highest BCUT2D eigenvalue weighted by molar-refractivity contribution is 8.01. The van der Waals surface area contributed by atoms with Gasteiger partial charge in [-0.3, -0.25) is 4.79 Å². The monoisotopic (exact) mass is 334 g/mol. The minimum atomic E-state index is 0.0453. The highest BCUT2D eigenvalue weighted by Crippen LogP contribution is 2.29. The average Bonchev–Trinajstić information content (AvgIpc) is 2.90. The molecule has 0 aliphatic carbocycles. The van der Waals surface area contributed by atoms with Gasteiger partial charge in [-0.25, -0.2) is 4.98 Å². The summed E-state index contributed by atoms with van der Waals surface area (Å²) in [5.74, 6) is 0.790. The van der Waals surface area contributed by atoms with Gasteiger partial charge in [-0.15, -0.1) is 11.3 Å². The van der Waals surface area contributed by atoms with Crippen LogP contribution in [0.5, 0.6) is 0 Å². The van der Waals surface area contributed by atoms with Crippen LogP contribution < -0.4 is 5.32 Å². The summed E-state index contributed by atoms with van der Waals surface area (Å²) in [6, 6.07) is 7.84. The van der Waals surface area contributed by atoms with E-state index in [9.17, 15) is 4.79 Å². The number of carbonyl (C=O) groups is 1. The first-order valence-corrected chi connectivity index (χ1v) is 9.16. The van der Waals surface area contributed by atoms with Crippen LogP contribution in [0, 0.1) is 6.92 Å². The number of hydrogen-bond acceptors (Lipinski definition) is 4. The number of amides is 1. The lowest BCUT2D eigenvalue weighted by atomic mass is 9.93. The van der Waals surface area contributed by atoms with E-state index in [-0.39, 0.29) is 11.3 Å². The quantitative estimate of drug-likeness (QED) is 0.793. The van der Waals surface area contributed by atoms with Crippen molar-refractivity contribution < 1.29 is 4.79 Å². The Labute approximate surface area is 140 Å². The Morgan fingerprint density at radius 3 is 2.55 bits per heavy atom. The molecule has 1 amide bonds. The maximum Gasteiger partial charge on any atom is 0.225 e. The van der Waals surface area contributed by atoms with Crippen LogP contribution in [0.1, 0.15) is 38.4 Å². The minimum absolute atomic E-state index is 0.0453. The molecule has 3 nitrogen and oxygen atoms in total. The van der Waals surface area contributed by atoms with Crippen molar-refractivity contribution in [2.45, 2.75) is 43.9 Å². The van der Waals surface area contributed by atoms with E-state index in [0.717, 1.165) is 21.5 Å². The van der Waals surface area contributed by atoms with E-state index in [4.69, 9.17) is 0 Å². The van der Waals surface area contributed by atoms with E-state index in [1.807, 2.05) is 31.2 Å². The Morgan fingerprint density at radius 1 is 1.27 bits per heavy atom. The minimum Gasteiger partial charge on any atom is -0.326 e. The lowest BCUT2D eigenvalue weighted by Gasteiger charge is -2.14. The Bertz CT molecular complexity index is 627. The van der Waals surface area contributed by atoms with Crippen molar-refractivity contribution in [3.05, 3.63) is 40.9 Å². The summed E-state index contributed by atoms with van der Waals surface area (Å²) in [7, 11) is 0. The van der Waals surface area contributed by atoms with Gasteiger partial charge in [0.1, 0.15) is 4.34 Å². The molecular formula is C17H22N2OS2. The van der Waals surface area contributed by atoms with E-state index < -0.39 is 0 Å². The van der Waals surface area contributed by atoms with E-state index in [0.29, 0.717) is 6.42 Å². The molecule has 1 heterocycles. The van der Waals surface area contributed by atoms with Crippen LogP contribution in [-0.2, 0) is 10.2 Å². The second-order valence-corrected chi connectivity index (χ2v) is 8.46. The fraction of sp³-hybridized carbons (Fsp3) is 0.412. The van der Waals surface area contributed by atoms with E-state index in [2.05, 4.69) is 36.5 Å². The van der Waals surface area contributed by atoms with Gasteiger partial charge in [0, 0.05) is 28.7 Å². The molecule has 0 aliphatic rings. The molecule has 2 aromatic rings. The van der Waals surface area contributed by atoms with Gasteiger partial charge in [0.25, 0.3) is 0 Å². The Hall–Kier alpha value is -1.33. The number of thiazole rings is 1. The zero-order chi connectivity index (χ0) is 16.2. The average molecular weight is 335 g/mol. The van der Waals surface area contributed by atoms with Crippen molar-refractivity contribution in [3.8, 4) is 0 Å². The number of aryl methyl sites for hydroxylation is 1. The fourth-order valence-corrected chi connectivity index (χ4v) is 3.82. The van der Waals surface area contributed by atoms with Crippen molar-refractivity contribution in [1.82, 2.24) is 4.98 Å². The molecule has 1 aromatic carbocycles. The number of aromatic nitrogens is 1. The molecule has 0 unspecified atom stereocenters. The maximum atomic E-state index is 11.9. The van der Waals surface area contributed by atoms with Crippen LogP contribution in [0.4, 0.5) is 5.69 Å². The largest absolute Gasteiger partial charge is 0.326 e. The summed E-state index contributed by atoms with van der Waals surface area (Å²) < 4.78 is 1.04. The van der Waals surface area contributed by atoms with Gasteiger partial charge >= 0.3 is 0 Å². The first kappa shape index (κ1) is 17.0. The second-order valence-electron chi connectivity index (χ2n) is 6.26. The van der Waals surface area contributed by atoms with Crippen LogP contribution >= 0.6 is 23.1 Å². The summed E-state index contributed by atoms with van der Waals surface area (Å²) in [5.41, 5.74) is 3.24. The topological polar surface area (TPSA) is 42.0 Å². The molecule has 1 aromatic heterocycles. The van der Waals surface area contributed by atoms with Crippen LogP contribution in [0.15, 0.2) is 34.0 Å². The van der Waals surface area contributed by atoms with Crippen LogP contribution in [-0.4, -0.2) is 16.6 Å². The van der Waals surface area contributed by atoms with Crippen molar-refractivity contribution >= 4 is 34.7 Å². The molecule has 0 saturated heterocycles. The first-order chi connectivity index (χ1) is 10.3. The van der Waals surface area contributed by atoms with Gasteiger partial charge in [-0.2, -0.15) is 0 Å². The summed E-state index contributed by atoms with van der Waals surface area (Å²) >= 11 is 3.30. The number of carbonyl (C=O) groups excluding carboxylic acids is 1. The summed E-state index contributed by atoms with van der Waals surface area (Å²) in [4.78, 5) is 16.5. The van der Waals surface area contributed by atoms with Crippen molar-refractivity contribution in [3.63, 3.8) is 0 Å². The van der Waals surface area contributed by atoms with Crippen molar-refractivity contribution in [1.29, 1.82) is 0 Å². The normalized spacial score (nSPS) is 11.5. The molecule has 5 heteroatoms. The Balaban J connectivity index is 1.77. The predicted molar refractivity (Wildman–Crippen MR) is 96.0 cm³/mol. The van der Waals surface area contributed by atoms with Crippen molar-refractivity contribution in [2.24, 2.45) is 0 Å². The van der Waals surface area contributed by atoms with Gasteiger partial charge < -0.3 is 5.32 Å². The van der Waals surface area contributed by atoms with E-state index in [1.165, 1.54) is 5.56 Å². The summed E-state index contributed by atoms with van der Waals surface area (Å²) in [5, 5.41) is 5.02. The third-order valence-corrected chi connectivity index (χ3v) is 5.16. The molecule has 0 fully saturated rings. The standard InChI is InChI=1S/C17H22N2OS2/c1-12-5-7-13(8-6-12)18-15(20)9-10-21-16-19-14(11-22-16)17(2,3)4/h5-8,11H,9-10H2,1-4H3,(H,18,20). The number of thioether (sulfide) groups is 1. The predicted octanol–water partition coefficient (Wildman–Crippen LogP) is 4.87. The van der Waals surface area contributed by atoms with Crippen LogP contribution in [0.3, 0.4) is 0 Å². The van der Waals surface area contributed by atoms with E-state index >= 15 is 0 Å². The van der Waals surface area contributed by atoms with Crippen LogP contribution in [0.2, 0.25) is 0 Å². The lowest BCUT2D eigenvalue weighted by Crippen LogP contribution is -2.12. The number of anilines is 1. The molecule has 1 N–H and O–H groups in total. The second kappa shape index (κ2) is 7.29. The molecule has 118 valence electrons. The van der Waals surface area contributed by atoms with Crippen LogP contribution in [0.25, 0.3) is 0 Å². The number of nitrogens with one attached hydrogen (secondary N) is 1. The number of hydrogen-bond donors (Lipinski definition) is 1. The molecular weight excluding hydrogens is 312 g/mol. The van der Waals surface area contributed by atoms with Gasteiger partial charge in [0.15, 0.2) is 0 Å². The molecule has 0 aliphatic heterocycles. The molecule has 22 heavy (non-hydrogen) atoms. The Morgan fingerprint density at radius 2 is 1.95 bits per heavy atom. The number of nitrogens with zero attached hydrogens (tertiary/aromatic N) is 1. The number of rotatable bonds is 5. The molecule has 0 atom stereocenters.